The SMILES string of the molecule is N[C@@]12Nc3ccccc3[C@@]1(Cc1ccccc1)CN(C1CCCCC1)C2=O. The number of amides is 1. The Balaban J connectivity index is 1.61. The predicted octanol–water partition coefficient (Wildman–Crippen LogP) is 3.42. The van der Waals surface area contributed by atoms with Gasteiger partial charge in [-0.25, -0.2) is 0 Å². The number of nitrogens with two attached hydrogens (primary N) is 1. The molecule has 27 heavy (non-hydrogen) atoms. The number of carbonyl (C=O) groups excluding carboxylic acids is 1. The number of hydrogen-bond acceptors (Lipinski definition) is 3. The van der Waals surface area contributed by atoms with Crippen LogP contribution in [0.4, 0.5) is 5.69 Å². The van der Waals surface area contributed by atoms with Crippen molar-refractivity contribution < 1.29 is 4.79 Å². The van der Waals surface area contributed by atoms with Crippen LogP contribution in [-0.2, 0) is 16.6 Å². The zero-order valence-corrected chi connectivity index (χ0v) is 15.7. The van der Waals surface area contributed by atoms with E-state index in [-0.39, 0.29) is 5.91 Å². The van der Waals surface area contributed by atoms with E-state index in [0.717, 1.165) is 24.9 Å². The Labute approximate surface area is 160 Å². The van der Waals surface area contributed by atoms with Crippen molar-refractivity contribution in [1.82, 2.24) is 4.90 Å². The summed E-state index contributed by atoms with van der Waals surface area (Å²) in [6.45, 7) is 0.700. The molecule has 1 aliphatic carbocycles. The van der Waals surface area contributed by atoms with Crippen molar-refractivity contribution >= 4 is 11.6 Å². The van der Waals surface area contributed by atoms with Crippen LogP contribution in [0.15, 0.2) is 54.6 Å². The number of hydrogen-bond donors (Lipinski definition) is 2. The Morgan fingerprint density at radius 1 is 1.00 bits per heavy atom. The van der Waals surface area contributed by atoms with Gasteiger partial charge in [0.15, 0.2) is 5.66 Å². The van der Waals surface area contributed by atoms with Crippen molar-refractivity contribution in [2.24, 2.45) is 5.73 Å². The number of para-hydroxylation sites is 1. The van der Waals surface area contributed by atoms with E-state index in [1.165, 1.54) is 30.4 Å². The molecule has 0 radical (unpaired) electrons. The number of nitrogens with one attached hydrogen (secondary N) is 1. The van der Waals surface area contributed by atoms with Gasteiger partial charge in [0.1, 0.15) is 0 Å². The van der Waals surface area contributed by atoms with Crippen LogP contribution in [-0.4, -0.2) is 29.1 Å². The van der Waals surface area contributed by atoms with Crippen molar-refractivity contribution in [2.75, 3.05) is 11.9 Å². The lowest BCUT2D eigenvalue weighted by Gasteiger charge is -2.35. The van der Waals surface area contributed by atoms with Gasteiger partial charge in [-0.3, -0.25) is 4.79 Å². The van der Waals surface area contributed by atoms with E-state index in [9.17, 15) is 4.79 Å². The lowest BCUT2D eigenvalue weighted by Crippen LogP contribution is -2.62. The highest BCUT2D eigenvalue weighted by Crippen LogP contribution is 2.53. The molecule has 0 aromatic heterocycles. The fourth-order valence-corrected chi connectivity index (χ4v) is 5.53. The molecule has 5 rings (SSSR count). The first-order chi connectivity index (χ1) is 13.1. The van der Waals surface area contributed by atoms with Crippen LogP contribution in [0.25, 0.3) is 0 Å². The number of fused-ring (bicyclic) bond motifs is 3. The van der Waals surface area contributed by atoms with Crippen molar-refractivity contribution in [3.05, 3.63) is 65.7 Å². The molecule has 1 saturated carbocycles. The molecule has 3 N–H and O–H groups in total. The quantitative estimate of drug-likeness (QED) is 0.881. The molecule has 2 fully saturated rings. The maximum absolute atomic E-state index is 13.6. The lowest BCUT2D eigenvalue weighted by atomic mass is 9.70. The van der Waals surface area contributed by atoms with E-state index in [4.69, 9.17) is 5.73 Å². The van der Waals surface area contributed by atoms with Gasteiger partial charge in [-0.05, 0) is 36.5 Å². The Morgan fingerprint density at radius 2 is 1.70 bits per heavy atom. The van der Waals surface area contributed by atoms with Crippen LogP contribution >= 0.6 is 0 Å². The molecular weight excluding hydrogens is 334 g/mol. The van der Waals surface area contributed by atoms with Crippen molar-refractivity contribution in [2.45, 2.75) is 55.6 Å². The molecule has 3 aliphatic rings. The lowest BCUT2D eigenvalue weighted by molar-refractivity contribution is -0.134. The molecule has 140 valence electrons. The van der Waals surface area contributed by atoms with Crippen molar-refractivity contribution in [3.63, 3.8) is 0 Å². The Bertz CT molecular complexity index is 861. The van der Waals surface area contributed by atoms with Crippen LogP contribution < -0.4 is 11.1 Å². The average molecular weight is 361 g/mol. The Hall–Kier alpha value is -2.33. The first kappa shape index (κ1) is 16.8. The highest BCUT2D eigenvalue weighted by molar-refractivity contribution is 5.97. The van der Waals surface area contributed by atoms with Gasteiger partial charge in [-0.15, -0.1) is 0 Å². The summed E-state index contributed by atoms with van der Waals surface area (Å²) in [5.74, 6) is 0.0709. The topological polar surface area (TPSA) is 58.4 Å². The third-order valence-corrected chi connectivity index (χ3v) is 6.93. The van der Waals surface area contributed by atoms with E-state index < -0.39 is 11.1 Å². The number of rotatable bonds is 3. The summed E-state index contributed by atoms with van der Waals surface area (Å²) in [4.78, 5) is 15.7. The summed E-state index contributed by atoms with van der Waals surface area (Å²) in [5.41, 5.74) is 8.86. The molecule has 1 saturated heterocycles. The highest BCUT2D eigenvalue weighted by Gasteiger charge is 2.67. The normalized spacial score (nSPS) is 30.1. The van der Waals surface area contributed by atoms with E-state index in [2.05, 4.69) is 46.6 Å². The standard InChI is InChI=1S/C23H27N3O/c24-23-21(27)26(18-11-5-2-6-12-18)16-22(23,15-17-9-3-1-4-10-17)19-13-7-8-14-20(19)25-23/h1,3-4,7-10,13-14,18,25H,2,5-6,11-12,15-16,24H2/t22-,23+/m1/s1. The molecule has 2 aliphatic heterocycles. The number of likely N-dealkylation sites (tertiary alicyclic amines) is 1. The highest BCUT2D eigenvalue weighted by atomic mass is 16.2. The zero-order valence-electron chi connectivity index (χ0n) is 15.7. The van der Waals surface area contributed by atoms with Crippen LogP contribution in [0.3, 0.4) is 0 Å². The minimum atomic E-state index is -1.07. The van der Waals surface area contributed by atoms with E-state index in [1.54, 1.807) is 0 Å². The first-order valence-corrected chi connectivity index (χ1v) is 10.2. The molecule has 2 atom stereocenters. The molecule has 4 nitrogen and oxygen atoms in total. The molecule has 4 heteroatoms. The third-order valence-electron chi connectivity index (χ3n) is 6.93. The second-order valence-electron chi connectivity index (χ2n) is 8.45. The summed E-state index contributed by atoms with van der Waals surface area (Å²) < 4.78 is 0. The summed E-state index contributed by atoms with van der Waals surface area (Å²) >= 11 is 0. The van der Waals surface area contributed by atoms with Gasteiger partial charge in [-0.1, -0.05) is 67.8 Å². The summed E-state index contributed by atoms with van der Waals surface area (Å²) in [7, 11) is 0. The summed E-state index contributed by atoms with van der Waals surface area (Å²) in [6, 6.07) is 19.0. The molecule has 1 amide bonds. The van der Waals surface area contributed by atoms with Gasteiger partial charge in [0.25, 0.3) is 5.91 Å². The Kier molecular flexibility index (Phi) is 3.80. The van der Waals surface area contributed by atoms with Gasteiger partial charge >= 0.3 is 0 Å². The van der Waals surface area contributed by atoms with Gasteiger partial charge in [-0.2, -0.15) is 0 Å². The van der Waals surface area contributed by atoms with Gasteiger partial charge in [0, 0.05) is 18.3 Å². The van der Waals surface area contributed by atoms with Crippen LogP contribution in [0.1, 0.15) is 43.2 Å². The van der Waals surface area contributed by atoms with Crippen molar-refractivity contribution in [3.8, 4) is 0 Å². The number of nitrogens with zero attached hydrogens (tertiary/aromatic N) is 1. The van der Waals surface area contributed by atoms with Gasteiger partial charge in [0.2, 0.25) is 0 Å². The van der Waals surface area contributed by atoms with Gasteiger partial charge < -0.3 is 16.0 Å². The molecule has 2 heterocycles. The number of benzene rings is 2. The van der Waals surface area contributed by atoms with Crippen molar-refractivity contribution in [1.29, 1.82) is 0 Å². The van der Waals surface area contributed by atoms with Gasteiger partial charge in [0.05, 0.1) is 5.41 Å². The molecule has 2 aromatic rings. The third kappa shape index (κ3) is 2.36. The van der Waals surface area contributed by atoms with E-state index in [0.29, 0.717) is 12.6 Å². The van der Waals surface area contributed by atoms with E-state index >= 15 is 0 Å². The van der Waals surface area contributed by atoms with E-state index in [1.807, 2.05) is 18.2 Å². The minimum Gasteiger partial charge on any atom is -0.359 e. The summed E-state index contributed by atoms with van der Waals surface area (Å²) in [5, 5.41) is 3.44. The second kappa shape index (κ2) is 6.10. The maximum atomic E-state index is 13.6. The molecule has 0 unspecified atom stereocenters. The Morgan fingerprint density at radius 3 is 2.48 bits per heavy atom. The minimum absolute atomic E-state index is 0.0709. The monoisotopic (exact) mass is 361 g/mol. The molecule has 0 bridgehead atoms. The zero-order chi connectivity index (χ0) is 18.5. The fraction of sp³-hybridized carbons (Fsp3) is 0.435. The average Bonchev–Trinajstić information content (AvgIpc) is 3.08. The predicted molar refractivity (Wildman–Crippen MR) is 107 cm³/mol. The first-order valence-electron chi connectivity index (χ1n) is 10.2. The smallest absolute Gasteiger partial charge is 0.264 e. The summed E-state index contributed by atoms with van der Waals surface area (Å²) in [6.07, 6.45) is 6.67. The molecular formula is C23H27N3O. The largest absolute Gasteiger partial charge is 0.359 e. The second-order valence-corrected chi connectivity index (χ2v) is 8.45. The van der Waals surface area contributed by atoms with Crippen LogP contribution in [0.2, 0.25) is 0 Å². The fourth-order valence-electron chi connectivity index (χ4n) is 5.53. The number of anilines is 1. The number of carbonyl (C=O) groups is 1. The maximum Gasteiger partial charge on any atom is 0.264 e. The molecule has 0 spiro atoms. The van der Waals surface area contributed by atoms with Crippen LogP contribution in [0, 0.1) is 0 Å². The van der Waals surface area contributed by atoms with Crippen LogP contribution in [0.5, 0.6) is 0 Å². The molecule has 2 aromatic carbocycles.